The molecule has 0 spiro atoms. The van der Waals surface area contributed by atoms with E-state index in [-0.39, 0.29) is 0 Å². The normalized spacial score (nSPS) is 18.5. The van der Waals surface area contributed by atoms with Crippen LogP contribution in [-0.4, -0.2) is 0 Å². The molecule has 0 fully saturated rings. The van der Waals surface area contributed by atoms with Crippen molar-refractivity contribution in [1.29, 1.82) is 0 Å². The van der Waals surface area contributed by atoms with E-state index in [0.717, 1.165) is 0 Å². The van der Waals surface area contributed by atoms with Crippen LogP contribution in [0.2, 0.25) is 0 Å². The van der Waals surface area contributed by atoms with Crippen molar-refractivity contribution in [3.8, 4) is 0 Å². The number of fused-ring (bicyclic) bond motifs is 2. The van der Waals surface area contributed by atoms with E-state index in [2.05, 4.69) is 26.0 Å². The van der Waals surface area contributed by atoms with Gasteiger partial charge in [-0.15, -0.1) is 0 Å². The Labute approximate surface area is 93.8 Å². The molecule has 2 aliphatic carbocycles. The molecule has 0 radical (unpaired) electrons. The predicted octanol–water partition coefficient (Wildman–Crippen LogP) is 4.93. The molecular weight excluding hydrogens is 180 g/mol. The monoisotopic (exact) mass is 202 g/mol. The largest absolute Gasteiger partial charge is 0.0654 e. The first kappa shape index (κ1) is 10.7. The fourth-order valence-electron chi connectivity index (χ4n) is 2.58. The topological polar surface area (TPSA) is 0 Å². The highest BCUT2D eigenvalue weighted by atomic mass is 14.3. The van der Waals surface area contributed by atoms with E-state index >= 15 is 0 Å². The zero-order chi connectivity index (χ0) is 10.7. The first-order chi connectivity index (χ1) is 7.35. The van der Waals surface area contributed by atoms with Crippen molar-refractivity contribution >= 4 is 0 Å². The Morgan fingerprint density at radius 1 is 1.00 bits per heavy atom. The van der Waals surface area contributed by atoms with Crippen LogP contribution in [-0.2, 0) is 0 Å². The fourth-order valence-corrected chi connectivity index (χ4v) is 2.58. The quantitative estimate of drug-likeness (QED) is 0.572. The van der Waals surface area contributed by atoms with Gasteiger partial charge in [-0.1, -0.05) is 38.8 Å². The van der Waals surface area contributed by atoms with Crippen molar-refractivity contribution in [1.82, 2.24) is 0 Å². The average Bonchev–Trinajstić information content (AvgIpc) is 2.82. The maximum absolute atomic E-state index is 2.43. The highest BCUT2D eigenvalue weighted by molar-refractivity contribution is 5.59. The summed E-state index contributed by atoms with van der Waals surface area (Å²) in [6.45, 7) is 4.55. The molecule has 0 N–H and O–H groups in total. The summed E-state index contributed by atoms with van der Waals surface area (Å²) < 4.78 is 0. The minimum atomic E-state index is 1.25. The summed E-state index contributed by atoms with van der Waals surface area (Å²) >= 11 is 0. The number of rotatable bonds is 6. The van der Waals surface area contributed by atoms with Gasteiger partial charge in [-0.3, -0.25) is 0 Å². The van der Waals surface area contributed by atoms with E-state index in [9.17, 15) is 0 Å². The third-order valence-corrected chi connectivity index (χ3v) is 3.47. The van der Waals surface area contributed by atoms with E-state index in [1.165, 1.54) is 44.9 Å². The zero-order valence-corrected chi connectivity index (χ0v) is 10.1. The zero-order valence-electron chi connectivity index (χ0n) is 10.1. The molecule has 0 atom stereocenters. The van der Waals surface area contributed by atoms with Crippen LogP contribution in [0.4, 0.5) is 0 Å². The van der Waals surface area contributed by atoms with E-state index in [1.54, 1.807) is 22.3 Å². The Kier molecular flexibility index (Phi) is 3.45. The van der Waals surface area contributed by atoms with Gasteiger partial charge in [0.25, 0.3) is 0 Å². The van der Waals surface area contributed by atoms with Crippen molar-refractivity contribution < 1.29 is 0 Å². The minimum Gasteiger partial charge on any atom is -0.0654 e. The molecule has 0 nitrogen and oxygen atoms in total. The van der Waals surface area contributed by atoms with Gasteiger partial charge in [-0.05, 0) is 54.4 Å². The van der Waals surface area contributed by atoms with Gasteiger partial charge in [0.2, 0.25) is 0 Å². The van der Waals surface area contributed by atoms with Gasteiger partial charge in [-0.25, -0.2) is 0 Å². The van der Waals surface area contributed by atoms with Crippen LogP contribution in [0.25, 0.3) is 0 Å². The van der Waals surface area contributed by atoms with Crippen LogP contribution in [0.15, 0.2) is 34.4 Å². The molecule has 0 aromatic heterocycles. The van der Waals surface area contributed by atoms with E-state index in [4.69, 9.17) is 0 Å². The molecule has 0 aromatic rings. The maximum Gasteiger partial charge on any atom is -0.00201 e. The summed E-state index contributed by atoms with van der Waals surface area (Å²) in [5.74, 6) is 0. The van der Waals surface area contributed by atoms with Gasteiger partial charge in [0.15, 0.2) is 0 Å². The average molecular weight is 202 g/mol. The Balaban J connectivity index is 2.02. The summed E-state index contributed by atoms with van der Waals surface area (Å²) in [5, 5.41) is 0. The maximum atomic E-state index is 2.43. The van der Waals surface area contributed by atoms with Gasteiger partial charge < -0.3 is 0 Å². The lowest BCUT2D eigenvalue weighted by Gasteiger charge is -2.09. The van der Waals surface area contributed by atoms with Gasteiger partial charge in [-0.2, -0.15) is 0 Å². The molecule has 0 unspecified atom stereocenters. The number of unbranched alkanes of at least 4 members (excludes halogenated alkanes) is 2. The van der Waals surface area contributed by atoms with Crippen LogP contribution >= 0.6 is 0 Å². The Hall–Kier alpha value is -0.780. The molecule has 2 bridgehead atoms. The molecular formula is C15H22. The summed E-state index contributed by atoms with van der Waals surface area (Å²) in [6, 6.07) is 0. The van der Waals surface area contributed by atoms with Crippen LogP contribution in [0, 0.1) is 0 Å². The Bertz CT molecular complexity index is 326. The van der Waals surface area contributed by atoms with Gasteiger partial charge in [0.1, 0.15) is 0 Å². The lowest BCUT2D eigenvalue weighted by molar-refractivity contribution is 0.777. The third kappa shape index (κ3) is 2.25. The molecule has 2 aliphatic rings. The molecule has 0 amide bonds. The van der Waals surface area contributed by atoms with Crippen LogP contribution < -0.4 is 0 Å². The molecule has 0 heterocycles. The molecule has 0 heteroatoms. The molecule has 15 heavy (non-hydrogen) atoms. The van der Waals surface area contributed by atoms with Crippen molar-refractivity contribution in [2.45, 2.75) is 58.8 Å². The highest BCUT2D eigenvalue weighted by Crippen LogP contribution is 2.42. The SMILES string of the molecule is CCCCC1=CC2=CC(CCCC)=C1C2. The Morgan fingerprint density at radius 2 is 1.73 bits per heavy atom. The first-order valence-electron chi connectivity index (χ1n) is 6.48. The van der Waals surface area contributed by atoms with E-state index < -0.39 is 0 Å². The molecule has 0 saturated carbocycles. The minimum absolute atomic E-state index is 1.25. The lowest BCUT2D eigenvalue weighted by atomic mass is 9.96. The fraction of sp³-hybridized carbons (Fsp3) is 0.600. The number of allylic oxidation sites excluding steroid dienone is 6. The highest BCUT2D eigenvalue weighted by Gasteiger charge is 2.23. The predicted molar refractivity (Wildman–Crippen MR) is 66.9 cm³/mol. The summed E-state index contributed by atoms with van der Waals surface area (Å²) in [5.41, 5.74) is 6.56. The van der Waals surface area contributed by atoms with Crippen molar-refractivity contribution in [2.24, 2.45) is 0 Å². The molecule has 82 valence electrons. The number of hydrogen-bond acceptors (Lipinski definition) is 0. The smallest absolute Gasteiger partial charge is 0.00201 e. The molecule has 0 saturated heterocycles. The standard InChI is InChI=1S/C15H22/c1-3-5-7-13-9-12-10-14(8-6-4-2)15(13)11-12/h9-10H,3-8,11H2,1-2H3. The van der Waals surface area contributed by atoms with Gasteiger partial charge >= 0.3 is 0 Å². The van der Waals surface area contributed by atoms with E-state index in [1.807, 2.05) is 0 Å². The second-order valence-corrected chi connectivity index (χ2v) is 4.78. The van der Waals surface area contributed by atoms with E-state index in [0.29, 0.717) is 0 Å². The third-order valence-electron chi connectivity index (χ3n) is 3.47. The van der Waals surface area contributed by atoms with Crippen molar-refractivity contribution in [3.05, 3.63) is 34.4 Å². The van der Waals surface area contributed by atoms with Crippen LogP contribution in [0.3, 0.4) is 0 Å². The van der Waals surface area contributed by atoms with Gasteiger partial charge in [0, 0.05) is 0 Å². The first-order valence-corrected chi connectivity index (χ1v) is 6.48. The summed E-state index contributed by atoms with van der Waals surface area (Å²) in [6.07, 6.45) is 14.0. The van der Waals surface area contributed by atoms with Crippen LogP contribution in [0.5, 0.6) is 0 Å². The lowest BCUT2D eigenvalue weighted by Crippen LogP contribution is -1.90. The summed E-state index contributed by atoms with van der Waals surface area (Å²) in [4.78, 5) is 0. The van der Waals surface area contributed by atoms with Crippen molar-refractivity contribution in [3.63, 3.8) is 0 Å². The summed E-state index contributed by atoms with van der Waals surface area (Å²) in [7, 11) is 0. The second kappa shape index (κ2) is 4.83. The molecule has 0 aliphatic heterocycles. The molecule has 0 aromatic carbocycles. The molecule has 2 rings (SSSR count). The number of hydrogen-bond donors (Lipinski definition) is 0. The Morgan fingerprint density at radius 3 is 2.40 bits per heavy atom. The van der Waals surface area contributed by atoms with Gasteiger partial charge in [0.05, 0.1) is 0 Å². The van der Waals surface area contributed by atoms with Crippen LogP contribution in [0.1, 0.15) is 58.8 Å². The van der Waals surface area contributed by atoms with Crippen molar-refractivity contribution in [2.75, 3.05) is 0 Å². The second-order valence-electron chi connectivity index (χ2n) is 4.78.